The maximum Gasteiger partial charge on any atom is 0.263 e. The third-order valence-corrected chi connectivity index (χ3v) is 4.71. The van der Waals surface area contributed by atoms with Crippen LogP contribution in [0.2, 0.25) is 10.2 Å². The average molecular weight is 335 g/mol. The minimum absolute atomic E-state index is 0.198. The van der Waals surface area contributed by atoms with E-state index in [0.717, 1.165) is 18.2 Å². The zero-order valence-electron chi connectivity index (χ0n) is 10.2. The number of aryl methyl sites for hydroxylation is 1. The van der Waals surface area contributed by atoms with Crippen LogP contribution in [0.15, 0.2) is 35.4 Å². The number of nitrogens with zero attached hydrogens (tertiary/aromatic N) is 1. The largest absolute Gasteiger partial charge is 0.278 e. The van der Waals surface area contributed by atoms with Crippen molar-refractivity contribution in [3.63, 3.8) is 0 Å². The van der Waals surface area contributed by atoms with Gasteiger partial charge < -0.3 is 0 Å². The van der Waals surface area contributed by atoms with Gasteiger partial charge in [-0.25, -0.2) is 17.8 Å². The Morgan fingerprint density at radius 1 is 1.25 bits per heavy atom. The maximum absolute atomic E-state index is 12.9. The smallest absolute Gasteiger partial charge is 0.263 e. The second-order valence-corrected chi connectivity index (χ2v) is 6.43. The van der Waals surface area contributed by atoms with Gasteiger partial charge in [0.15, 0.2) is 0 Å². The lowest BCUT2D eigenvalue weighted by Gasteiger charge is -2.10. The topological polar surface area (TPSA) is 59.1 Å². The number of nitrogens with one attached hydrogen (secondary N) is 1. The summed E-state index contributed by atoms with van der Waals surface area (Å²) in [4.78, 5) is 3.62. The highest BCUT2D eigenvalue weighted by molar-refractivity contribution is 7.92. The first-order valence-electron chi connectivity index (χ1n) is 5.39. The van der Waals surface area contributed by atoms with Crippen LogP contribution < -0.4 is 4.72 Å². The highest BCUT2D eigenvalue weighted by Crippen LogP contribution is 2.25. The van der Waals surface area contributed by atoms with Crippen molar-refractivity contribution in [2.45, 2.75) is 11.8 Å². The van der Waals surface area contributed by atoms with E-state index in [0.29, 0.717) is 5.56 Å². The summed E-state index contributed by atoms with van der Waals surface area (Å²) in [5.74, 6) is -0.613. The first kappa shape index (κ1) is 15.0. The molecule has 0 bridgehead atoms. The fourth-order valence-corrected chi connectivity index (χ4v) is 3.19. The summed E-state index contributed by atoms with van der Waals surface area (Å²) in [6.45, 7) is 1.69. The molecule has 0 saturated carbocycles. The van der Waals surface area contributed by atoms with E-state index >= 15 is 0 Å². The predicted molar refractivity (Wildman–Crippen MR) is 76.2 cm³/mol. The van der Waals surface area contributed by atoms with Gasteiger partial charge in [-0.15, -0.1) is 0 Å². The van der Waals surface area contributed by atoms with Crippen molar-refractivity contribution in [2.75, 3.05) is 4.72 Å². The summed E-state index contributed by atoms with van der Waals surface area (Å²) in [5, 5.41) is 0.0870. The van der Waals surface area contributed by atoms with Crippen molar-refractivity contribution >= 4 is 38.9 Å². The van der Waals surface area contributed by atoms with E-state index in [4.69, 9.17) is 23.2 Å². The van der Waals surface area contributed by atoms with Gasteiger partial charge in [-0.05, 0) is 36.8 Å². The van der Waals surface area contributed by atoms with Crippen LogP contribution in [0.3, 0.4) is 0 Å². The number of halogens is 3. The van der Waals surface area contributed by atoms with Gasteiger partial charge in [-0.2, -0.15) is 0 Å². The van der Waals surface area contributed by atoms with E-state index in [2.05, 4.69) is 9.71 Å². The van der Waals surface area contributed by atoms with Crippen LogP contribution in [0, 0.1) is 12.7 Å². The SMILES string of the molecule is Cc1cc(NS(=O)(=O)c2ccc(F)cc2Cl)cnc1Cl. The molecule has 4 nitrogen and oxygen atoms in total. The molecule has 2 aromatic rings. The second-order valence-electron chi connectivity index (χ2n) is 4.01. The molecule has 8 heteroatoms. The predicted octanol–water partition coefficient (Wildman–Crippen LogP) is 3.64. The Hall–Kier alpha value is -1.37. The zero-order valence-corrected chi connectivity index (χ0v) is 12.5. The Bertz CT molecular complexity index is 766. The van der Waals surface area contributed by atoms with E-state index in [1.165, 1.54) is 12.3 Å². The Labute approximate surface area is 125 Å². The molecular formula is C12H9Cl2FN2O2S. The standard InChI is InChI=1S/C12H9Cl2FN2O2S/c1-7-4-9(6-16-12(7)14)17-20(18,19)11-3-2-8(15)5-10(11)13/h2-6,17H,1H3. The number of rotatable bonds is 3. The molecule has 0 atom stereocenters. The third kappa shape index (κ3) is 3.20. The van der Waals surface area contributed by atoms with Crippen molar-refractivity contribution < 1.29 is 12.8 Å². The molecule has 0 amide bonds. The lowest BCUT2D eigenvalue weighted by Crippen LogP contribution is -2.14. The number of anilines is 1. The van der Waals surface area contributed by atoms with Crippen LogP contribution in [0.5, 0.6) is 0 Å². The van der Waals surface area contributed by atoms with Gasteiger partial charge in [0.2, 0.25) is 0 Å². The number of pyridine rings is 1. The first-order chi connectivity index (χ1) is 9.29. The molecule has 0 unspecified atom stereocenters. The summed E-state index contributed by atoms with van der Waals surface area (Å²) in [6, 6.07) is 4.58. The molecule has 0 aliphatic carbocycles. The summed E-state index contributed by atoms with van der Waals surface area (Å²) in [5.41, 5.74) is 0.865. The minimum Gasteiger partial charge on any atom is -0.278 e. The Morgan fingerprint density at radius 2 is 1.95 bits per heavy atom. The average Bonchev–Trinajstić information content (AvgIpc) is 2.33. The fourth-order valence-electron chi connectivity index (χ4n) is 1.52. The van der Waals surface area contributed by atoms with Gasteiger partial charge in [0.05, 0.1) is 16.9 Å². The van der Waals surface area contributed by atoms with E-state index in [1.54, 1.807) is 6.92 Å². The molecular weight excluding hydrogens is 326 g/mol. The highest BCUT2D eigenvalue weighted by atomic mass is 35.5. The molecule has 20 heavy (non-hydrogen) atoms. The van der Waals surface area contributed by atoms with Crippen LogP contribution in [0.4, 0.5) is 10.1 Å². The number of sulfonamides is 1. The van der Waals surface area contributed by atoms with Gasteiger partial charge in [0.25, 0.3) is 10.0 Å². The molecule has 0 aliphatic rings. The van der Waals surface area contributed by atoms with Crippen molar-refractivity contribution in [1.82, 2.24) is 4.98 Å². The first-order valence-corrected chi connectivity index (χ1v) is 7.63. The van der Waals surface area contributed by atoms with Crippen molar-refractivity contribution in [1.29, 1.82) is 0 Å². The quantitative estimate of drug-likeness (QED) is 0.872. The summed E-state index contributed by atoms with van der Waals surface area (Å²) >= 11 is 11.5. The van der Waals surface area contributed by atoms with E-state index < -0.39 is 15.8 Å². The zero-order chi connectivity index (χ0) is 14.9. The van der Waals surface area contributed by atoms with Crippen LogP contribution in [-0.2, 0) is 10.0 Å². The van der Waals surface area contributed by atoms with Crippen LogP contribution in [0.1, 0.15) is 5.56 Å². The van der Waals surface area contributed by atoms with Crippen LogP contribution in [0.25, 0.3) is 0 Å². The normalized spacial score (nSPS) is 11.4. The van der Waals surface area contributed by atoms with E-state index in [-0.39, 0.29) is 20.8 Å². The Morgan fingerprint density at radius 3 is 2.55 bits per heavy atom. The molecule has 0 fully saturated rings. The van der Waals surface area contributed by atoms with Gasteiger partial charge in [-0.3, -0.25) is 4.72 Å². The molecule has 1 aromatic carbocycles. The summed E-state index contributed by atoms with van der Waals surface area (Å²) in [6.07, 6.45) is 1.28. The molecule has 106 valence electrons. The Kier molecular flexibility index (Phi) is 4.17. The highest BCUT2D eigenvalue weighted by Gasteiger charge is 2.19. The molecule has 1 N–H and O–H groups in total. The molecule has 2 rings (SSSR count). The monoisotopic (exact) mass is 334 g/mol. The third-order valence-electron chi connectivity index (χ3n) is 2.45. The maximum atomic E-state index is 12.9. The number of benzene rings is 1. The number of hydrogen-bond acceptors (Lipinski definition) is 3. The van der Waals surface area contributed by atoms with Crippen molar-refractivity contribution in [3.05, 3.63) is 52.0 Å². The molecule has 0 aliphatic heterocycles. The molecule has 1 aromatic heterocycles. The van der Waals surface area contributed by atoms with Crippen LogP contribution >= 0.6 is 23.2 Å². The number of aromatic nitrogens is 1. The lowest BCUT2D eigenvalue weighted by molar-refractivity contribution is 0.599. The van der Waals surface area contributed by atoms with Gasteiger partial charge in [0.1, 0.15) is 15.9 Å². The van der Waals surface area contributed by atoms with Crippen molar-refractivity contribution in [3.8, 4) is 0 Å². The molecule has 1 heterocycles. The van der Waals surface area contributed by atoms with E-state index in [1.807, 2.05) is 0 Å². The lowest BCUT2D eigenvalue weighted by atomic mass is 10.3. The summed E-state index contributed by atoms with van der Waals surface area (Å²) < 4.78 is 39.5. The van der Waals surface area contributed by atoms with Crippen LogP contribution in [-0.4, -0.2) is 13.4 Å². The molecule has 0 radical (unpaired) electrons. The summed E-state index contributed by atoms with van der Waals surface area (Å²) in [7, 11) is -3.92. The molecule has 0 saturated heterocycles. The van der Waals surface area contributed by atoms with Gasteiger partial charge in [0, 0.05) is 0 Å². The van der Waals surface area contributed by atoms with Gasteiger partial charge in [-0.1, -0.05) is 23.2 Å². The Balaban J connectivity index is 2.38. The fraction of sp³-hybridized carbons (Fsp3) is 0.0833. The van der Waals surface area contributed by atoms with E-state index in [9.17, 15) is 12.8 Å². The number of hydrogen-bond donors (Lipinski definition) is 1. The minimum atomic E-state index is -3.92. The molecule has 0 spiro atoms. The van der Waals surface area contributed by atoms with Gasteiger partial charge >= 0.3 is 0 Å². The van der Waals surface area contributed by atoms with Crippen molar-refractivity contribution in [2.24, 2.45) is 0 Å². The second kappa shape index (κ2) is 5.55.